The highest BCUT2D eigenvalue weighted by molar-refractivity contribution is 5.54. The zero-order valence-electron chi connectivity index (χ0n) is 8.59. The van der Waals surface area contributed by atoms with Gasteiger partial charge in [-0.3, -0.25) is 4.98 Å². The lowest BCUT2D eigenvalue weighted by Gasteiger charge is -2.05. The Morgan fingerprint density at radius 3 is 2.60 bits per heavy atom. The monoisotopic (exact) mass is 200 g/mol. The summed E-state index contributed by atoms with van der Waals surface area (Å²) in [4.78, 5) is 4.01. The molecule has 0 unspecified atom stereocenters. The van der Waals surface area contributed by atoms with Crippen molar-refractivity contribution in [3.05, 3.63) is 30.4 Å². The SMILES string of the molecule is Cc1nnc(-c2ccncc2)n1C1CC1. The molecule has 0 amide bonds. The minimum Gasteiger partial charge on any atom is -0.308 e. The minimum atomic E-state index is 0.614. The van der Waals surface area contributed by atoms with Gasteiger partial charge in [-0.05, 0) is 31.9 Å². The molecule has 1 saturated carbocycles. The first-order valence-corrected chi connectivity index (χ1v) is 5.18. The molecule has 0 N–H and O–H groups in total. The van der Waals surface area contributed by atoms with Crippen LogP contribution in [0.15, 0.2) is 24.5 Å². The minimum absolute atomic E-state index is 0.614. The molecule has 0 spiro atoms. The summed E-state index contributed by atoms with van der Waals surface area (Å²) in [6.07, 6.45) is 6.07. The van der Waals surface area contributed by atoms with E-state index in [0.717, 1.165) is 17.2 Å². The molecule has 2 aromatic heterocycles. The summed E-state index contributed by atoms with van der Waals surface area (Å²) in [5.74, 6) is 1.97. The number of nitrogens with zero attached hydrogens (tertiary/aromatic N) is 4. The Morgan fingerprint density at radius 2 is 1.93 bits per heavy atom. The number of hydrogen-bond acceptors (Lipinski definition) is 3. The highest BCUT2D eigenvalue weighted by Gasteiger charge is 2.28. The van der Waals surface area contributed by atoms with E-state index < -0.39 is 0 Å². The van der Waals surface area contributed by atoms with E-state index in [2.05, 4.69) is 19.7 Å². The lowest BCUT2D eigenvalue weighted by Crippen LogP contribution is -1.99. The number of pyridine rings is 1. The summed E-state index contributed by atoms with van der Waals surface area (Å²) in [6.45, 7) is 2.01. The van der Waals surface area contributed by atoms with Gasteiger partial charge in [0.25, 0.3) is 0 Å². The Balaban J connectivity index is 2.12. The van der Waals surface area contributed by atoms with Crippen LogP contribution in [0.3, 0.4) is 0 Å². The van der Waals surface area contributed by atoms with Crippen molar-refractivity contribution in [2.24, 2.45) is 0 Å². The van der Waals surface area contributed by atoms with E-state index in [1.807, 2.05) is 19.1 Å². The van der Waals surface area contributed by atoms with Gasteiger partial charge in [0.1, 0.15) is 5.82 Å². The van der Waals surface area contributed by atoms with Crippen LogP contribution >= 0.6 is 0 Å². The predicted molar refractivity (Wildman–Crippen MR) is 56.3 cm³/mol. The van der Waals surface area contributed by atoms with Crippen molar-refractivity contribution in [2.45, 2.75) is 25.8 Å². The van der Waals surface area contributed by atoms with Crippen LogP contribution in [0.5, 0.6) is 0 Å². The van der Waals surface area contributed by atoms with Crippen molar-refractivity contribution in [3.8, 4) is 11.4 Å². The molecule has 0 bridgehead atoms. The summed E-state index contributed by atoms with van der Waals surface area (Å²) >= 11 is 0. The van der Waals surface area contributed by atoms with Gasteiger partial charge in [-0.2, -0.15) is 0 Å². The van der Waals surface area contributed by atoms with Gasteiger partial charge in [-0.1, -0.05) is 0 Å². The summed E-state index contributed by atoms with van der Waals surface area (Å²) in [5.41, 5.74) is 1.09. The fourth-order valence-electron chi connectivity index (χ4n) is 1.84. The van der Waals surface area contributed by atoms with Gasteiger partial charge in [0, 0.05) is 24.0 Å². The molecule has 1 aliphatic rings. The van der Waals surface area contributed by atoms with E-state index in [4.69, 9.17) is 0 Å². The third-order valence-electron chi connectivity index (χ3n) is 2.72. The molecule has 0 aromatic carbocycles. The van der Waals surface area contributed by atoms with Crippen LogP contribution in [-0.2, 0) is 0 Å². The Morgan fingerprint density at radius 1 is 1.20 bits per heavy atom. The molecule has 0 atom stereocenters. The van der Waals surface area contributed by atoms with E-state index in [-0.39, 0.29) is 0 Å². The number of hydrogen-bond donors (Lipinski definition) is 0. The first-order chi connectivity index (χ1) is 7.36. The lowest BCUT2D eigenvalue weighted by molar-refractivity contribution is 0.717. The van der Waals surface area contributed by atoms with Crippen LogP contribution in [0.2, 0.25) is 0 Å². The van der Waals surface area contributed by atoms with Crippen molar-refractivity contribution >= 4 is 0 Å². The van der Waals surface area contributed by atoms with Crippen LogP contribution in [0.25, 0.3) is 11.4 Å². The van der Waals surface area contributed by atoms with Gasteiger partial charge >= 0.3 is 0 Å². The van der Waals surface area contributed by atoms with Crippen molar-refractivity contribution in [3.63, 3.8) is 0 Å². The van der Waals surface area contributed by atoms with Gasteiger partial charge in [-0.15, -0.1) is 10.2 Å². The summed E-state index contributed by atoms with van der Waals surface area (Å²) in [6, 6.07) is 4.56. The quantitative estimate of drug-likeness (QED) is 0.744. The van der Waals surface area contributed by atoms with E-state index in [1.54, 1.807) is 12.4 Å². The highest BCUT2D eigenvalue weighted by atomic mass is 15.3. The molecule has 1 aliphatic carbocycles. The second-order valence-corrected chi connectivity index (χ2v) is 3.91. The molecular formula is C11H12N4. The van der Waals surface area contributed by atoms with Gasteiger partial charge in [0.15, 0.2) is 5.82 Å². The molecular weight excluding hydrogens is 188 g/mol. The lowest BCUT2D eigenvalue weighted by atomic mass is 10.2. The second kappa shape index (κ2) is 3.15. The fourth-order valence-corrected chi connectivity index (χ4v) is 1.84. The van der Waals surface area contributed by atoms with Crippen LogP contribution in [-0.4, -0.2) is 19.7 Å². The maximum atomic E-state index is 4.23. The zero-order valence-corrected chi connectivity index (χ0v) is 8.59. The standard InChI is InChI=1S/C11H12N4/c1-8-13-14-11(15(8)10-2-3-10)9-4-6-12-7-5-9/h4-7,10H,2-3H2,1H3. The van der Waals surface area contributed by atoms with Crippen molar-refractivity contribution < 1.29 is 0 Å². The van der Waals surface area contributed by atoms with Crippen molar-refractivity contribution in [2.75, 3.05) is 0 Å². The average Bonchev–Trinajstić information content (AvgIpc) is 3.03. The van der Waals surface area contributed by atoms with Crippen LogP contribution in [0.4, 0.5) is 0 Å². The number of aryl methyl sites for hydroxylation is 1. The Hall–Kier alpha value is -1.71. The molecule has 0 aliphatic heterocycles. The molecule has 0 radical (unpaired) electrons. The molecule has 4 nitrogen and oxygen atoms in total. The smallest absolute Gasteiger partial charge is 0.164 e. The summed E-state index contributed by atoms with van der Waals surface area (Å²) < 4.78 is 2.23. The van der Waals surface area contributed by atoms with Crippen molar-refractivity contribution in [1.29, 1.82) is 0 Å². The largest absolute Gasteiger partial charge is 0.308 e. The maximum absolute atomic E-state index is 4.23. The zero-order chi connectivity index (χ0) is 10.3. The number of rotatable bonds is 2. The Kier molecular flexibility index (Phi) is 1.80. The molecule has 4 heteroatoms. The second-order valence-electron chi connectivity index (χ2n) is 3.91. The molecule has 76 valence electrons. The third kappa shape index (κ3) is 1.42. The maximum Gasteiger partial charge on any atom is 0.164 e. The number of aromatic nitrogens is 4. The van der Waals surface area contributed by atoms with Crippen molar-refractivity contribution in [1.82, 2.24) is 19.7 Å². The molecule has 2 heterocycles. The Labute approximate surface area is 88.0 Å². The molecule has 15 heavy (non-hydrogen) atoms. The topological polar surface area (TPSA) is 43.6 Å². The van der Waals surface area contributed by atoms with E-state index in [9.17, 15) is 0 Å². The first-order valence-electron chi connectivity index (χ1n) is 5.18. The van der Waals surface area contributed by atoms with E-state index in [0.29, 0.717) is 6.04 Å². The van der Waals surface area contributed by atoms with Crippen LogP contribution < -0.4 is 0 Å². The molecule has 3 rings (SSSR count). The van der Waals surface area contributed by atoms with Crippen LogP contribution in [0.1, 0.15) is 24.7 Å². The summed E-state index contributed by atoms with van der Waals surface area (Å²) in [5, 5.41) is 8.38. The Bertz CT molecular complexity index is 471. The third-order valence-corrected chi connectivity index (χ3v) is 2.72. The predicted octanol–water partition coefficient (Wildman–Crippen LogP) is 1.98. The van der Waals surface area contributed by atoms with E-state index in [1.165, 1.54) is 12.8 Å². The molecule has 1 fully saturated rings. The first kappa shape index (κ1) is 8.59. The fraction of sp³-hybridized carbons (Fsp3) is 0.364. The van der Waals surface area contributed by atoms with E-state index >= 15 is 0 Å². The normalized spacial score (nSPS) is 15.5. The van der Waals surface area contributed by atoms with Gasteiger partial charge in [0.05, 0.1) is 0 Å². The highest BCUT2D eigenvalue weighted by Crippen LogP contribution is 2.38. The van der Waals surface area contributed by atoms with Gasteiger partial charge < -0.3 is 4.57 Å². The molecule has 2 aromatic rings. The molecule has 0 saturated heterocycles. The summed E-state index contributed by atoms with van der Waals surface area (Å²) in [7, 11) is 0. The average molecular weight is 200 g/mol. The van der Waals surface area contributed by atoms with Gasteiger partial charge in [0.2, 0.25) is 0 Å². The van der Waals surface area contributed by atoms with Gasteiger partial charge in [-0.25, -0.2) is 0 Å². The van der Waals surface area contributed by atoms with Crippen LogP contribution in [0, 0.1) is 6.92 Å².